The quantitative estimate of drug-likeness (QED) is 0.108. The molecule has 4 aromatic heterocycles. The van der Waals surface area contributed by atoms with Crippen molar-refractivity contribution in [2.75, 3.05) is 0 Å². The summed E-state index contributed by atoms with van der Waals surface area (Å²) in [6.45, 7) is 49.8. The fourth-order valence-electron chi connectivity index (χ4n) is 12.2. The Morgan fingerprint density at radius 3 is 0.979 bits per heavy atom. The third-order valence-corrected chi connectivity index (χ3v) is 16.7. The number of hydrogen-bond donors (Lipinski definition) is 0. The summed E-state index contributed by atoms with van der Waals surface area (Å²) >= 11 is 0. The highest BCUT2D eigenvalue weighted by Crippen LogP contribution is 2.38. The Bertz CT molecular complexity index is 4190. The second-order valence-electron chi connectivity index (χ2n) is 31.6. The van der Waals surface area contributed by atoms with E-state index in [2.05, 4.69) is 246 Å². The molecule has 0 atom stereocenters. The van der Waals surface area contributed by atoms with Gasteiger partial charge < -0.3 is 0 Å². The smallest absolute Gasteiger partial charge is 0.201 e. The lowest BCUT2D eigenvalue weighted by molar-refractivity contribution is -0.661. The predicted octanol–water partition coefficient (Wildman–Crippen LogP) is 23.4. The maximum absolute atomic E-state index is 8.70. The van der Waals surface area contributed by atoms with Gasteiger partial charge in [-0.15, -0.1) is 0 Å². The second-order valence-corrected chi connectivity index (χ2v) is 31.6. The van der Waals surface area contributed by atoms with E-state index in [1.54, 1.807) is 81.9 Å². The molecule has 0 radical (unpaired) electrons. The van der Waals surface area contributed by atoms with Gasteiger partial charge in [0.1, 0.15) is 28.2 Å². The zero-order valence-corrected chi connectivity index (χ0v) is 62.1. The minimum absolute atomic E-state index is 0. The van der Waals surface area contributed by atoms with Crippen LogP contribution in [0, 0.1) is 72.0 Å². The Hall–Kier alpha value is -6.52. The zero-order chi connectivity index (χ0) is 77.2. The molecule has 4 aromatic carbocycles. The molecular weight excluding hydrogens is 1150 g/mol. The van der Waals surface area contributed by atoms with E-state index >= 15 is 0 Å². The monoisotopic (exact) mass is 1300 g/mol. The van der Waals surface area contributed by atoms with E-state index < -0.39 is 26.4 Å². The average Bonchev–Trinajstić information content (AvgIpc) is 0.760. The summed E-state index contributed by atoms with van der Waals surface area (Å²) in [4.78, 5) is 0. The van der Waals surface area contributed by atoms with E-state index in [1.807, 2.05) is 19.9 Å². The summed E-state index contributed by atoms with van der Waals surface area (Å²) in [5.74, 6) is 0.692. The first kappa shape index (κ1) is 69.8. The van der Waals surface area contributed by atoms with Crippen LogP contribution in [0.3, 0.4) is 0 Å². The molecule has 8 rings (SSSR count). The molecule has 4 heterocycles. The average molecular weight is 1300 g/mol. The van der Waals surface area contributed by atoms with Crippen LogP contribution >= 0.6 is 0 Å². The molecule has 4 heteroatoms. The van der Waals surface area contributed by atoms with E-state index in [1.165, 1.54) is 72.6 Å². The van der Waals surface area contributed by atoms with Crippen LogP contribution in [0.1, 0.15) is 265 Å². The topological polar surface area (TPSA) is 15.5 Å². The van der Waals surface area contributed by atoms with E-state index in [4.69, 9.17) is 13.7 Å². The second kappa shape index (κ2) is 35.6. The van der Waals surface area contributed by atoms with Crippen LogP contribution in [0.2, 0.25) is 0 Å². The van der Waals surface area contributed by atoms with Crippen LogP contribution in [-0.4, -0.2) is 0 Å². The molecule has 0 aliphatic rings. The first-order valence-electron chi connectivity index (χ1n) is 38.4. The predicted molar refractivity (Wildman–Crippen MR) is 421 cm³/mol. The van der Waals surface area contributed by atoms with E-state index in [0.29, 0.717) is 34.2 Å². The maximum Gasteiger partial charge on any atom is 0.212 e. The Kier molecular flexibility index (Phi) is 26.2. The van der Waals surface area contributed by atoms with Crippen LogP contribution in [0.25, 0.3) is 45.0 Å². The molecule has 0 fully saturated rings. The van der Waals surface area contributed by atoms with Crippen LogP contribution < -0.4 is 18.3 Å². The fourth-order valence-corrected chi connectivity index (χ4v) is 12.2. The summed E-state index contributed by atoms with van der Waals surface area (Å²) in [6, 6.07) is 34.6. The van der Waals surface area contributed by atoms with Crippen LogP contribution in [0.4, 0.5) is 0 Å². The van der Waals surface area contributed by atoms with Crippen molar-refractivity contribution in [1.29, 1.82) is 0 Å². The molecule has 522 valence electrons. The lowest BCUT2D eigenvalue weighted by atomic mass is 9.75. The van der Waals surface area contributed by atoms with Gasteiger partial charge in [0.25, 0.3) is 0 Å². The molecular formula is C91H142N4+4. The van der Waals surface area contributed by atoms with Gasteiger partial charge in [-0.1, -0.05) is 239 Å². The van der Waals surface area contributed by atoms with Crippen LogP contribution in [0.5, 0.6) is 0 Å². The Labute approximate surface area is 601 Å². The molecule has 0 N–H and O–H groups in total. The summed E-state index contributed by atoms with van der Waals surface area (Å²) < 4.78 is 88.9. The van der Waals surface area contributed by atoms with Gasteiger partial charge in [0.15, 0.2) is 24.8 Å². The Morgan fingerprint density at radius 2 is 0.632 bits per heavy atom. The lowest BCUT2D eigenvalue weighted by Gasteiger charge is -2.29. The molecule has 0 aliphatic carbocycles. The molecule has 8 aromatic rings. The Balaban J connectivity index is 0.000000696. The van der Waals surface area contributed by atoms with Crippen LogP contribution in [0.15, 0.2) is 128 Å². The van der Waals surface area contributed by atoms with Crippen molar-refractivity contribution in [2.24, 2.45) is 51.9 Å². The van der Waals surface area contributed by atoms with Crippen molar-refractivity contribution >= 4 is 0 Å². The van der Waals surface area contributed by atoms with Gasteiger partial charge in [-0.25, -0.2) is 18.3 Å². The summed E-state index contributed by atoms with van der Waals surface area (Å²) in [5, 5.41) is 0. The zero-order valence-electron chi connectivity index (χ0n) is 72.1. The fraction of sp³-hybridized carbons (Fsp3) is 0.516. The molecule has 0 bridgehead atoms. The highest BCUT2D eigenvalue weighted by molar-refractivity contribution is 5.66. The van der Waals surface area contributed by atoms with E-state index in [0.717, 1.165) is 40.8 Å². The third kappa shape index (κ3) is 23.9. The summed E-state index contributed by atoms with van der Waals surface area (Å²) in [7, 11) is 8.20. The number of hydrogen-bond acceptors (Lipinski definition) is 0. The SMILES string of the molecule is C.C.C.C.Cc1ccc(-c2cc(CC(C)C)c(CC(C)C)c[n+]2C)c(C)c1.Cc1ccccc1-c1cc(C(C)(C)C)c(C(C)(C)C)c[n+]1C.[2H]C([2H])([2H])c1ccc(-c2cc(C(C)(C)C)c(C(C)(C)C)c[n+]2C)c(C)c1.[2H]C([2H])([2H])c1ccc(-c2cc(C([2H])([2H])C(C)C)c(C([2H])([2H])C(C)C)c[n+]2C)c(C)c1. The van der Waals surface area contributed by atoms with Gasteiger partial charge in [-0.05, 0) is 188 Å². The van der Waals surface area contributed by atoms with Crippen molar-refractivity contribution in [3.63, 3.8) is 0 Å². The molecule has 0 aliphatic heterocycles. The number of aromatic nitrogens is 4. The highest BCUT2D eigenvalue weighted by atomic mass is 14.9. The molecule has 4 nitrogen and oxygen atoms in total. The largest absolute Gasteiger partial charge is 0.212 e. The summed E-state index contributed by atoms with van der Waals surface area (Å²) in [5.41, 5.74) is 25.0. The van der Waals surface area contributed by atoms with Crippen molar-refractivity contribution in [3.8, 4) is 45.0 Å². The first-order chi connectivity index (χ1) is 45.9. The highest BCUT2D eigenvalue weighted by Gasteiger charge is 2.32. The molecule has 0 amide bonds. The number of pyridine rings is 4. The minimum Gasteiger partial charge on any atom is -0.201 e. The van der Waals surface area contributed by atoms with Crippen molar-refractivity contribution < 1.29 is 32.0 Å². The Morgan fingerprint density at radius 1 is 0.326 bits per heavy atom. The summed E-state index contributed by atoms with van der Waals surface area (Å²) in [6.07, 6.45) is 7.47. The number of nitrogens with zero attached hydrogens (tertiary/aromatic N) is 4. The first-order valence-corrected chi connectivity index (χ1v) is 33.4. The van der Waals surface area contributed by atoms with Gasteiger partial charge in [0.2, 0.25) is 22.8 Å². The van der Waals surface area contributed by atoms with E-state index in [-0.39, 0.29) is 68.8 Å². The van der Waals surface area contributed by atoms with Crippen molar-refractivity contribution in [1.82, 2.24) is 0 Å². The lowest BCUT2D eigenvalue weighted by Crippen LogP contribution is -2.36. The number of benzene rings is 4. The number of rotatable bonds is 12. The van der Waals surface area contributed by atoms with Gasteiger partial charge in [-0.3, -0.25) is 0 Å². The molecule has 0 saturated carbocycles. The van der Waals surface area contributed by atoms with Gasteiger partial charge in [0, 0.05) is 82.5 Å². The van der Waals surface area contributed by atoms with Gasteiger partial charge >= 0.3 is 0 Å². The van der Waals surface area contributed by atoms with Crippen molar-refractivity contribution in [2.45, 2.75) is 264 Å². The number of aryl methyl sites for hydroxylation is 11. The maximum atomic E-state index is 8.70. The van der Waals surface area contributed by atoms with E-state index in [9.17, 15) is 0 Å². The van der Waals surface area contributed by atoms with Gasteiger partial charge in [-0.2, -0.15) is 0 Å². The minimum atomic E-state index is -2.19. The molecule has 0 saturated heterocycles. The standard InChI is InChI=1S/3C22H32N.C21H30N.4CH4/c1-15-10-11-17(16(2)12-15)20-13-18(21(3,4)5)19(14-23(20)9)22(6,7)8;2*1-15(2)10-19-13-22(21-9-8-17(5)12-18(21)6)23(7)14-20(19)11-16(3)4;1-15-11-9-10-12-16(15)19-13-17(20(2,3)4)18(14-22(19)8)21(5,6)7;;;;/h10-14H,1-9H3;2*8-9,12-16H,10-11H2,1-7H3;9-14H,1-8H3;4*1H4/q4*+1;;;;/i1D3;5D3,10D2,11D2;;;;;;. The van der Waals surface area contributed by atoms with Gasteiger partial charge in [0.05, 0.1) is 0 Å². The van der Waals surface area contributed by atoms with Crippen LogP contribution in [-0.2, 0) is 75.4 Å². The van der Waals surface area contributed by atoms with Crippen molar-refractivity contribution in [3.05, 3.63) is 211 Å². The molecule has 0 spiro atoms. The molecule has 0 unspecified atom stereocenters. The molecule has 95 heavy (non-hydrogen) atoms. The normalized spacial score (nSPS) is 13.7. The third-order valence-electron chi connectivity index (χ3n) is 16.7.